The van der Waals surface area contributed by atoms with E-state index in [1.165, 1.54) is 10.4 Å². The van der Waals surface area contributed by atoms with Crippen LogP contribution in [0.2, 0.25) is 5.02 Å². The molecule has 0 saturated carbocycles. The first-order valence-corrected chi connectivity index (χ1v) is 11.7. The summed E-state index contributed by atoms with van der Waals surface area (Å²) in [5.41, 5.74) is 2.00. The molecule has 3 rings (SSSR count). The molecule has 1 aliphatic heterocycles. The molecule has 0 bridgehead atoms. The van der Waals surface area contributed by atoms with E-state index in [0.717, 1.165) is 12.1 Å². The Balaban J connectivity index is 1.75. The SMILES string of the molecule is Cc1cc(S(=O)(=O)N2CCCN(Cc3ccc(Br)cc3F)CC2)c(C)cc1Cl. The van der Waals surface area contributed by atoms with Gasteiger partial charge < -0.3 is 0 Å². The summed E-state index contributed by atoms with van der Waals surface area (Å²) in [5.74, 6) is -0.254. The third-order valence-electron chi connectivity index (χ3n) is 5.03. The highest BCUT2D eigenvalue weighted by molar-refractivity contribution is 9.10. The zero-order chi connectivity index (χ0) is 20.5. The molecule has 2 aromatic carbocycles. The van der Waals surface area contributed by atoms with Crippen molar-refractivity contribution in [1.82, 2.24) is 9.21 Å². The predicted molar refractivity (Wildman–Crippen MR) is 114 cm³/mol. The van der Waals surface area contributed by atoms with Crippen LogP contribution < -0.4 is 0 Å². The van der Waals surface area contributed by atoms with Gasteiger partial charge in [-0.1, -0.05) is 33.6 Å². The zero-order valence-electron chi connectivity index (χ0n) is 15.9. The molecule has 0 atom stereocenters. The van der Waals surface area contributed by atoms with Crippen LogP contribution in [0.4, 0.5) is 4.39 Å². The van der Waals surface area contributed by atoms with Crippen LogP contribution in [0.1, 0.15) is 23.1 Å². The summed E-state index contributed by atoms with van der Waals surface area (Å²) in [6.45, 7) is 6.13. The van der Waals surface area contributed by atoms with Crippen molar-refractivity contribution >= 4 is 37.6 Å². The van der Waals surface area contributed by atoms with Crippen LogP contribution in [-0.4, -0.2) is 43.8 Å². The Morgan fingerprint density at radius 3 is 2.54 bits per heavy atom. The van der Waals surface area contributed by atoms with Gasteiger partial charge in [-0.25, -0.2) is 12.8 Å². The second-order valence-corrected chi connectivity index (χ2v) is 10.4. The number of aryl methyl sites for hydroxylation is 2. The maximum absolute atomic E-state index is 14.1. The van der Waals surface area contributed by atoms with Gasteiger partial charge in [-0.15, -0.1) is 0 Å². The van der Waals surface area contributed by atoms with Gasteiger partial charge in [0, 0.05) is 41.2 Å². The molecule has 0 amide bonds. The summed E-state index contributed by atoms with van der Waals surface area (Å²) in [5, 5.41) is 0.565. The molecular formula is C20H23BrClFN2O2S. The number of halogens is 3. The van der Waals surface area contributed by atoms with Crippen molar-refractivity contribution in [1.29, 1.82) is 0 Å². The van der Waals surface area contributed by atoms with E-state index in [9.17, 15) is 12.8 Å². The molecule has 0 spiro atoms. The van der Waals surface area contributed by atoms with Crippen LogP contribution in [0.3, 0.4) is 0 Å². The molecule has 1 heterocycles. The van der Waals surface area contributed by atoms with Gasteiger partial charge in [-0.2, -0.15) is 4.31 Å². The minimum atomic E-state index is -3.60. The fourth-order valence-electron chi connectivity index (χ4n) is 3.41. The molecule has 0 radical (unpaired) electrons. The van der Waals surface area contributed by atoms with Crippen molar-refractivity contribution in [2.24, 2.45) is 0 Å². The monoisotopic (exact) mass is 488 g/mol. The maximum Gasteiger partial charge on any atom is 0.243 e. The molecule has 28 heavy (non-hydrogen) atoms. The van der Waals surface area contributed by atoms with Crippen LogP contribution >= 0.6 is 27.5 Å². The summed E-state index contributed by atoms with van der Waals surface area (Å²) in [4.78, 5) is 2.41. The van der Waals surface area contributed by atoms with Crippen molar-refractivity contribution < 1.29 is 12.8 Å². The number of nitrogens with zero attached hydrogens (tertiary/aromatic N) is 2. The van der Waals surface area contributed by atoms with Gasteiger partial charge >= 0.3 is 0 Å². The van der Waals surface area contributed by atoms with Crippen LogP contribution in [0.25, 0.3) is 0 Å². The molecule has 152 valence electrons. The van der Waals surface area contributed by atoms with Crippen molar-refractivity contribution in [3.63, 3.8) is 0 Å². The van der Waals surface area contributed by atoms with Crippen molar-refractivity contribution in [3.05, 3.63) is 62.3 Å². The Labute approximate surface area is 179 Å². The summed E-state index contributed by atoms with van der Waals surface area (Å²) in [6, 6.07) is 8.38. The van der Waals surface area contributed by atoms with E-state index in [4.69, 9.17) is 11.6 Å². The van der Waals surface area contributed by atoms with Crippen molar-refractivity contribution in [3.8, 4) is 0 Å². The third-order valence-corrected chi connectivity index (χ3v) is 7.97. The quantitative estimate of drug-likeness (QED) is 0.622. The fraction of sp³-hybridized carbons (Fsp3) is 0.400. The highest BCUT2D eigenvalue weighted by Gasteiger charge is 2.28. The van der Waals surface area contributed by atoms with E-state index < -0.39 is 10.0 Å². The van der Waals surface area contributed by atoms with Gasteiger partial charge in [-0.3, -0.25) is 4.90 Å². The van der Waals surface area contributed by atoms with E-state index >= 15 is 0 Å². The van der Waals surface area contributed by atoms with Gasteiger partial charge in [-0.05, 0) is 62.2 Å². The second kappa shape index (κ2) is 8.79. The summed E-state index contributed by atoms with van der Waals surface area (Å²) >= 11 is 9.38. The van der Waals surface area contributed by atoms with Crippen LogP contribution in [-0.2, 0) is 16.6 Å². The first kappa shape index (κ1) is 21.7. The van der Waals surface area contributed by atoms with Gasteiger partial charge in [0.2, 0.25) is 10.0 Å². The van der Waals surface area contributed by atoms with E-state index in [1.54, 1.807) is 32.0 Å². The Hall–Kier alpha value is -0.990. The standard InChI is InChI=1S/C20H23BrClFN2O2S/c1-14-11-20(15(2)10-18(14)22)28(26,27)25-7-3-6-24(8-9-25)13-16-4-5-17(21)12-19(16)23/h4-5,10-12H,3,6-9,13H2,1-2H3. The number of rotatable bonds is 4. The lowest BCUT2D eigenvalue weighted by Crippen LogP contribution is -2.35. The molecule has 0 aliphatic carbocycles. The molecule has 1 aliphatic rings. The summed E-state index contributed by atoms with van der Waals surface area (Å²) < 4.78 is 42.7. The van der Waals surface area contributed by atoms with Gasteiger partial charge in [0.05, 0.1) is 4.90 Å². The lowest BCUT2D eigenvalue weighted by atomic mass is 10.2. The average Bonchev–Trinajstić information content (AvgIpc) is 2.86. The second-order valence-electron chi connectivity index (χ2n) is 7.14. The molecule has 0 aromatic heterocycles. The number of benzene rings is 2. The third kappa shape index (κ3) is 4.76. The highest BCUT2D eigenvalue weighted by atomic mass is 79.9. The molecule has 4 nitrogen and oxygen atoms in total. The van der Waals surface area contributed by atoms with Crippen LogP contribution in [0, 0.1) is 19.7 Å². The molecule has 8 heteroatoms. The van der Waals surface area contributed by atoms with Crippen LogP contribution in [0.15, 0.2) is 39.7 Å². The van der Waals surface area contributed by atoms with Crippen molar-refractivity contribution in [2.75, 3.05) is 26.2 Å². The largest absolute Gasteiger partial charge is 0.298 e. The maximum atomic E-state index is 14.1. The Morgan fingerprint density at radius 1 is 1.07 bits per heavy atom. The van der Waals surface area contributed by atoms with E-state index in [1.807, 2.05) is 6.07 Å². The first-order valence-electron chi connectivity index (χ1n) is 9.11. The molecule has 2 aromatic rings. The highest BCUT2D eigenvalue weighted by Crippen LogP contribution is 2.27. The first-order chi connectivity index (χ1) is 13.2. The van der Waals surface area contributed by atoms with Crippen molar-refractivity contribution in [2.45, 2.75) is 31.7 Å². The molecule has 1 fully saturated rings. The fourth-order valence-corrected chi connectivity index (χ4v) is 5.72. The lowest BCUT2D eigenvalue weighted by molar-refractivity contribution is 0.274. The van der Waals surface area contributed by atoms with Gasteiger partial charge in [0.15, 0.2) is 0 Å². The normalized spacial score (nSPS) is 16.9. The zero-order valence-corrected chi connectivity index (χ0v) is 19.0. The molecule has 0 N–H and O–H groups in total. The van der Waals surface area contributed by atoms with E-state index in [-0.39, 0.29) is 5.82 Å². The van der Waals surface area contributed by atoms with Gasteiger partial charge in [0.25, 0.3) is 0 Å². The number of hydrogen-bond acceptors (Lipinski definition) is 3. The smallest absolute Gasteiger partial charge is 0.243 e. The Kier molecular flexibility index (Phi) is 6.82. The predicted octanol–water partition coefficient (Wildman–Crippen LogP) is 4.76. The minimum absolute atomic E-state index is 0.254. The summed E-state index contributed by atoms with van der Waals surface area (Å²) in [7, 11) is -3.60. The van der Waals surface area contributed by atoms with Crippen LogP contribution in [0.5, 0.6) is 0 Å². The Bertz CT molecular complexity index is 984. The number of hydrogen-bond donors (Lipinski definition) is 0. The molecule has 1 saturated heterocycles. The average molecular weight is 490 g/mol. The molecular weight excluding hydrogens is 467 g/mol. The molecule has 0 unspecified atom stereocenters. The summed E-state index contributed by atoms with van der Waals surface area (Å²) in [6.07, 6.45) is 0.697. The Morgan fingerprint density at radius 2 is 1.82 bits per heavy atom. The minimum Gasteiger partial charge on any atom is -0.298 e. The van der Waals surface area contributed by atoms with E-state index in [0.29, 0.717) is 58.1 Å². The topological polar surface area (TPSA) is 40.6 Å². The lowest BCUT2D eigenvalue weighted by Gasteiger charge is -2.23. The number of sulfonamides is 1. The van der Waals surface area contributed by atoms with Gasteiger partial charge in [0.1, 0.15) is 5.82 Å². The van der Waals surface area contributed by atoms with E-state index in [2.05, 4.69) is 20.8 Å².